The van der Waals surface area contributed by atoms with Gasteiger partial charge in [-0.05, 0) is 24.6 Å². The summed E-state index contributed by atoms with van der Waals surface area (Å²) in [7, 11) is 0. The van der Waals surface area contributed by atoms with Crippen LogP contribution >= 0.6 is 11.3 Å². The molecule has 19 heavy (non-hydrogen) atoms. The van der Waals surface area contributed by atoms with E-state index in [0.717, 1.165) is 16.1 Å². The Morgan fingerprint density at radius 2 is 2.16 bits per heavy atom. The number of amides is 2. The third-order valence-corrected chi connectivity index (χ3v) is 3.38. The van der Waals surface area contributed by atoms with E-state index in [2.05, 4.69) is 15.6 Å². The van der Waals surface area contributed by atoms with Gasteiger partial charge in [-0.2, -0.15) is 0 Å². The summed E-state index contributed by atoms with van der Waals surface area (Å²) in [6.07, 6.45) is 1.74. The van der Waals surface area contributed by atoms with Gasteiger partial charge in [-0.25, -0.2) is 4.79 Å². The van der Waals surface area contributed by atoms with Gasteiger partial charge in [0.05, 0.1) is 12.1 Å². The molecule has 2 aromatic rings. The van der Waals surface area contributed by atoms with E-state index in [1.54, 1.807) is 11.7 Å². The molecule has 0 aliphatic rings. The lowest BCUT2D eigenvalue weighted by Crippen LogP contribution is -2.27. The van der Waals surface area contributed by atoms with E-state index >= 15 is 0 Å². The Morgan fingerprint density at radius 3 is 2.74 bits per heavy atom. The van der Waals surface area contributed by atoms with Crippen molar-refractivity contribution in [3.8, 4) is 0 Å². The van der Waals surface area contributed by atoms with Gasteiger partial charge in [0.15, 0.2) is 0 Å². The van der Waals surface area contributed by atoms with Crippen LogP contribution in [0.4, 0.5) is 10.5 Å². The number of carbonyl (C=O) groups excluding carboxylic acids is 1. The summed E-state index contributed by atoms with van der Waals surface area (Å²) in [6, 6.07) is 7.25. The summed E-state index contributed by atoms with van der Waals surface area (Å²) in [5.74, 6) is 0. The molecular weight excluding hydrogens is 260 g/mol. The smallest absolute Gasteiger partial charge is 0.319 e. The minimum Gasteiger partial charge on any atom is -0.333 e. The first-order chi connectivity index (χ1) is 9.15. The topological polar surface area (TPSA) is 80.0 Å². The van der Waals surface area contributed by atoms with Crippen LogP contribution in [-0.4, -0.2) is 11.0 Å². The SMILES string of the molecule is CC(N)c1ccc(NC(=O)NCc2cncs2)cc1. The largest absolute Gasteiger partial charge is 0.333 e. The van der Waals surface area contributed by atoms with Crippen molar-refractivity contribution in [3.05, 3.63) is 46.4 Å². The minimum absolute atomic E-state index is 0.00537. The molecule has 1 aromatic heterocycles. The lowest BCUT2D eigenvalue weighted by molar-refractivity contribution is 0.252. The highest BCUT2D eigenvalue weighted by atomic mass is 32.1. The highest BCUT2D eigenvalue weighted by Gasteiger charge is 2.03. The van der Waals surface area contributed by atoms with E-state index in [4.69, 9.17) is 5.73 Å². The Hall–Kier alpha value is -1.92. The number of rotatable bonds is 4. The Morgan fingerprint density at radius 1 is 1.42 bits per heavy atom. The van der Waals surface area contributed by atoms with Crippen LogP contribution in [0, 0.1) is 0 Å². The predicted molar refractivity (Wildman–Crippen MR) is 77.0 cm³/mol. The first-order valence-electron chi connectivity index (χ1n) is 5.93. The molecule has 0 radical (unpaired) electrons. The van der Waals surface area contributed by atoms with E-state index in [0.29, 0.717) is 6.54 Å². The van der Waals surface area contributed by atoms with Crippen LogP contribution < -0.4 is 16.4 Å². The van der Waals surface area contributed by atoms with Gasteiger partial charge in [0.1, 0.15) is 0 Å². The van der Waals surface area contributed by atoms with Crippen LogP contribution in [0.1, 0.15) is 23.4 Å². The fraction of sp³-hybridized carbons (Fsp3) is 0.231. The van der Waals surface area contributed by atoms with Crippen LogP contribution in [0.25, 0.3) is 0 Å². The van der Waals surface area contributed by atoms with Crippen LogP contribution in [0.2, 0.25) is 0 Å². The van der Waals surface area contributed by atoms with Gasteiger partial charge in [0, 0.05) is 22.8 Å². The normalized spacial score (nSPS) is 11.9. The van der Waals surface area contributed by atoms with Gasteiger partial charge in [-0.1, -0.05) is 12.1 Å². The molecule has 0 fully saturated rings. The second-order valence-corrected chi connectivity index (χ2v) is 5.16. The number of benzene rings is 1. The van der Waals surface area contributed by atoms with Gasteiger partial charge < -0.3 is 16.4 Å². The molecule has 1 atom stereocenters. The van der Waals surface area contributed by atoms with E-state index in [1.165, 1.54) is 11.3 Å². The maximum absolute atomic E-state index is 11.7. The molecule has 1 unspecified atom stereocenters. The molecule has 6 heteroatoms. The number of anilines is 1. The fourth-order valence-electron chi connectivity index (χ4n) is 1.54. The Labute approximate surface area is 115 Å². The molecule has 0 saturated carbocycles. The van der Waals surface area contributed by atoms with Gasteiger partial charge in [-0.3, -0.25) is 4.98 Å². The van der Waals surface area contributed by atoms with Crippen molar-refractivity contribution in [2.75, 3.05) is 5.32 Å². The van der Waals surface area contributed by atoms with Gasteiger partial charge in [-0.15, -0.1) is 11.3 Å². The predicted octanol–water partition coefficient (Wildman–Crippen LogP) is 2.48. The van der Waals surface area contributed by atoms with Crippen LogP contribution in [0.5, 0.6) is 0 Å². The average Bonchev–Trinajstić information content (AvgIpc) is 2.90. The van der Waals surface area contributed by atoms with E-state index < -0.39 is 0 Å². The molecule has 2 rings (SSSR count). The number of urea groups is 1. The van der Waals surface area contributed by atoms with Gasteiger partial charge in [0.25, 0.3) is 0 Å². The molecule has 100 valence electrons. The number of aromatic nitrogens is 1. The zero-order chi connectivity index (χ0) is 13.7. The highest BCUT2D eigenvalue weighted by molar-refractivity contribution is 7.09. The second-order valence-electron chi connectivity index (χ2n) is 4.19. The third-order valence-electron chi connectivity index (χ3n) is 2.60. The monoisotopic (exact) mass is 276 g/mol. The molecule has 1 aromatic carbocycles. The van der Waals surface area contributed by atoms with E-state index in [9.17, 15) is 4.79 Å². The number of carbonyl (C=O) groups is 1. The van der Waals surface area contributed by atoms with E-state index in [1.807, 2.05) is 31.2 Å². The lowest BCUT2D eigenvalue weighted by atomic mass is 10.1. The molecule has 1 heterocycles. The Kier molecular flexibility index (Phi) is 4.48. The zero-order valence-corrected chi connectivity index (χ0v) is 11.4. The Bertz CT molecular complexity index is 522. The second kappa shape index (κ2) is 6.31. The minimum atomic E-state index is -0.234. The lowest BCUT2D eigenvalue weighted by Gasteiger charge is -2.09. The van der Waals surface area contributed by atoms with Crippen molar-refractivity contribution in [2.24, 2.45) is 5.73 Å². The molecule has 0 bridgehead atoms. The maximum atomic E-state index is 11.7. The van der Waals surface area contributed by atoms with Crippen LogP contribution in [-0.2, 0) is 6.54 Å². The van der Waals surface area contributed by atoms with Crippen molar-refractivity contribution >= 4 is 23.1 Å². The summed E-state index contributed by atoms with van der Waals surface area (Å²) in [5, 5.41) is 5.53. The molecule has 0 aliphatic heterocycles. The number of thiazole rings is 1. The number of nitrogens with two attached hydrogens (primary N) is 1. The quantitative estimate of drug-likeness (QED) is 0.802. The number of nitrogens with zero attached hydrogens (tertiary/aromatic N) is 1. The summed E-state index contributed by atoms with van der Waals surface area (Å²) < 4.78 is 0. The number of nitrogens with one attached hydrogen (secondary N) is 2. The average molecular weight is 276 g/mol. The van der Waals surface area contributed by atoms with Crippen LogP contribution in [0.15, 0.2) is 36.0 Å². The molecule has 0 aliphatic carbocycles. The van der Waals surface area contributed by atoms with Crippen molar-refractivity contribution < 1.29 is 4.79 Å². The van der Waals surface area contributed by atoms with Gasteiger partial charge >= 0.3 is 6.03 Å². The van der Waals surface area contributed by atoms with Crippen molar-refractivity contribution in [1.82, 2.24) is 10.3 Å². The van der Waals surface area contributed by atoms with Crippen molar-refractivity contribution in [1.29, 1.82) is 0 Å². The van der Waals surface area contributed by atoms with Crippen molar-refractivity contribution in [2.45, 2.75) is 19.5 Å². The van der Waals surface area contributed by atoms with E-state index in [-0.39, 0.29) is 12.1 Å². The standard InChI is InChI=1S/C13H16N4OS/c1-9(14)10-2-4-11(5-3-10)17-13(18)16-7-12-6-15-8-19-12/h2-6,8-9H,7,14H2,1H3,(H2,16,17,18). The molecule has 0 saturated heterocycles. The summed E-state index contributed by atoms with van der Waals surface area (Å²) in [5.41, 5.74) is 9.28. The molecule has 2 amide bonds. The third kappa shape index (κ3) is 4.04. The fourth-order valence-corrected chi connectivity index (χ4v) is 2.08. The highest BCUT2D eigenvalue weighted by Crippen LogP contribution is 2.14. The number of hydrogen-bond acceptors (Lipinski definition) is 4. The van der Waals surface area contributed by atoms with Crippen molar-refractivity contribution in [3.63, 3.8) is 0 Å². The van der Waals surface area contributed by atoms with Gasteiger partial charge in [0.2, 0.25) is 0 Å². The van der Waals surface area contributed by atoms with Crippen LogP contribution in [0.3, 0.4) is 0 Å². The molecule has 5 nitrogen and oxygen atoms in total. The first-order valence-corrected chi connectivity index (χ1v) is 6.81. The maximum Gasteiger partial charge on any atom is 0.319 e. The zero-order valence-electron chi connectivity index (χ0n) is 10.6. The summed E-state index contributed by atoms with van der Waals surface area (Å²) in [4.78, 5) is 16.6. The molecule has 0 spiro atoms. The Balaban J connectivity index is 1.84. The summed E-state index contributed by atoms with van der Waals surface area (Å²) in [6.45, 7) is 2.40. The summed E-state index contributed by atoms with van der Waals surface area (Å²) >= 11 is 1.51. The molecule has 4 N–H and O–H groups in total. The number of hydrogen-bond donors (Lipinski definition) is 3. The molecular formula is C13H16N4OS. The first kappa shape index (κ1) is 13.5.